The Bertz CT molecular complexity index is 557. The fraction of sp³-hybridized carbons (Fsp3) is 0.556. The highest BCUT2D eigenvalue weighted by atomic mass is 19.1. The van der Waals surface area contributed by atoms with Crippen LogP contribution in [0, 0.1) is 11.7 Å². The van der Waals surface area contributed by atoms with Crippen LogP contribution in [-0.4, -0.2) is 44.7 Å². The van der Waals surface area contributed by atoms with E-state index in [2.05, 4.69) is 5.32 Å². The zero-order chi connectivity index (χ0) is 17.4. The number of likely N-dealkylation sites (tertiary alicyclic amines) is 1. The van der Waals surface area contributed by atoms with Crippen LogP contribution < -0.4 is 10.2 Å². The lowest BCUT2D eigenvalue weighted by Crippen LogP contribution is -3.14. The third-order valence-corrected chi connectivity index (χ3v) is 4.40. The molecule has 1 saturated heterocycles. The SMILES string of the molecule is CCOC(=O)C1CC[NH+](CC(=O)NCCc2ccccc2F)CC1. The molecule has 1 aromatic rings. The predicted molar refractivity (Wildman–Crippen MR) is 88.0 cm³/mol. The van der Waals surface area contributed by atoms with Crippen molar-refractivity contribution in [3.05, 3.63) is 35.6 Å². The van der Waals surface area contributed by atoms with Crippen LogP contribution in [0.1, 0.15) is 25.3 Å². The number of halogens is 1. The Morgan fingerprint density at radius 3 is 2.67 bits per heavy atom. The molecule has 0 aliphatic carbocycles. The van der Waals surface area contributed by atoms with Gasteiger partial charge in [0.05, 0.1) is 25.6 Å². The average molecular weight is 337 g/mol. The Balaban J connectivity index is 1.65. The number of carbonyl (C=O) groups is 2. The van der Waals surface area contributed by atoms with E-state index < -0.39 is 0 Å². The molecule has 1 amide bonds. The summed E-state index contributed by atoms with van der Waals surface area (Å²) in [6, 6.07) is 6.60. The van der Waals surface area contributed by atoms with Gasteiger partial charge in [0.15, 0.2) is 6.54 Å². The smallest absolute Gasteiger partial charge is 0.309 e. The molecule has 132 valence electrons. The summed E-state index contributed by atoms with van der Waals surface area (Å²) in [6.07, 6.45) is 2.01. The molecule has 0 bridgehead atoms. The standard InChI is InChI=1S/C18H25FN2O3/c1-2-24-18(23)15-8-11-21(12-9-15)13-17(22)20-10-7-14-5-3-4-6-16(14)19/h3-6,15H,2,7-13H2,1H3,(H,20,22)/p+1. The molecule has 5 nitrogen and oxygen atoms in total. The molecule has 0 atom stereocenters. The van der Waals surface area contributed by atoms with E-state index >= 15 is 0 Å². The molecule has 24 heavy (non-hydrogen) atoms. The molecule has 1 aliphatic heterocycles. The first-order valence-electron chi connectivity index (χ1n) is 8.60. The van der Waals surface area contributed by atoms with Crippen LogP contribution in [0.2, 0.25) is 0 Å². The van der Waals surface area contributed by atoms with Crippen LogP contribution in [0.5, 0.6) is 0 Å². The average Bonchev–Trinajstić information content (AvgIpc) is 2.57. The van der Waals surface area contributed by atoms with Gasteiger partial charge in [-0.2, -0.15) is 0 Å². The maximum atomic E-state index is 13.5. The quantitative estimate of drug-likeness (QED) is 0.706. The van der Waals surface area contributed by atoms with Crippen molar-refractivity contribution in [1.82, 2.24) is 5.32 Å². The van der Waals surface area contributed by atoms with Crippen molar-refractivity contribution in [2.75, 3.05) is 32.8 Å². The van der Waals surface area contributed by atoms with Gasteiger partial charge in [-0.25, -0.2) is 4.39 Å². The Morgan fingerprint density at radius 2 is 2.00 bits per heavy atom. The second-order valence-electron chi connectivity index (χ2n) is 6.14. The number of nitrogens with one attached hydrogen (secondary N) is 2. The van der Waals surface area contributed by atoms with Gasteiger partial charge < -0.3 is 15.0 Å². The summed E-state index contributed by atoms with van der Waals surface area (Å²) < 4.78 is 18.5. The summed E-state index contributed by atoms with van der Waals surface area (Å²) in [4.78, 5) is 24.9. The maximum Gasteiger partial charge on any atom is 0.309 e. The summed E-state index contributed by atoms with van der Waals surface area (Å²) in [7, 11) is 0. The zero-order valence-corrected chi connectivity index (χ0v) is 14.1. The Kier molecular flexibility index (Phi) is 7.18. The highest BCUT2D eigenvalue weighted by Crippen LogP contribution is 2.11. The lowest BCUT2D eigenvalue weighted by Gasteiger charge is -2.27. The highest BCUT2D eigenvalue weighted by Gasteiger charge is 2.29. The molecule has 6 heteroatoms. The van der Waals surface area contributed by atoms with E-state index in [1.165, 1.54) is 11.0 Å². The van der Waals surface area contributed by atoms with Gasteiger partial charge in [-0.3, -0.25) is 9.59 Å². The van der Waals surface area contributed by atoms with Crippen molar-refractivity contribution in [2.45, 2.75) is 26.2 Å². The number of esters is 1. The molecule has 1 aromatic carbocycles. The second kappa shape index (κ2) is 9.37. The molecule has 0 spiro atoms. The van der Waals surface area contributed by atoms with Crippen LogP contribution in [-0.2, 0) is 20.7 Å². The zero-order valence-electron chi connectivity index (χ0n) is 14.1. The normalized spacial score (nSPS) is 20.4. The van der Waals surface area contributed by atoms with Gasteiger partial charge in [0.1, 0.15) is 5.82 Å². The van der Waals surface area contributed by atoms with Crippen LogP contribution in [0.4, 0.5) is 4.39 Å². The highest BCUT2D eigenvalue weighted by molar-refractivity contribution is 5.76. The molecule has 0 aromatic heterocycles. The monoisotopic (exact) mass is 337 g/mol. The number of ether oxygens (including phenoxy) is 1. The molecule has 2 N–H and O–H groups in total. The fourth-order valence-electron chi connectivity index (χ4n) is 3.03. The van der Waals surface area contributed by atoms with Crippen molar-refractivity contribution in [1.29, 1.82) is 0 Å². The minimum Gasteiger partial charge on any atom is -0.466 e. The van der Waals surface area contributed by atoms with Gasteiger partial charge in [0, 0.05) is 19.4 Å². The first-order valence-corrected chi connectivity index (χ1v) is 8.60. The molecule has 1 aliphatic rings. The first kappa shape index (κ1) is 18.4. The van der Waals surface area contributed by atoms with Crippen molar-refractivity contribution in [2.24, 2.45) is 5.92 Å². The maximum absolute atomic E-state index is 13.5. The number of benzene rings is 1. The fourth-order valence-corrected chi connectivity index (χ4v) is 3.03. The lowest BCUT2D eigenvalue weighted by molar-refractivity contribution is -0.897. The van der Waals surface area contributed by atoms with Crippen molar-refractivity contribution >= 4 is 11.9 Å². The molecule has 0 unspecified atom stereocenters. The number of amides is 1. The molecule has 1 heterocycles. The van der Waals surface area contributed by atoms with Gasteiger partial charge >= 0.3 is 5.97 Å². The van der Waals surface area contributed by atoms with Crippen LogP contribution >= 0.6 is 0 Å². The molecular weight excluding hydrogens is 311 g/mol. The van der Waals surface area contributed by atoms with E-state index in [0.29, 0.717) is 31.7 Å². The number of quaternary nitrogens is 1. The molecule has 1 fully saturated rings. The number of hydrogen-bond acceptors (Lipinski definition) is 3. The van der Waals surface area contributed by atoms with E-state index in [1.807, 2.05) is 6.92 Å². The van der Waals surface area contributed by atoms with Gasteiger partial charge in [0.2, 0.25) is 0 Å². The first-order chi connectivity index (χ1) is 11.6. The van der Waals surface area contributed by atoms with E-state index in [4.69, 9.17) is 4.74 Å². The number of carbonyl (C=O) groups excluding carboxylic acids is 2. The minimum atomic E-state index is -0.238. The minimum absolute atomic E-state index is 0.0298. The van der Waals surface area contributed by atoms with Crippen LogP contribution in [0.25, 0.3) is 0 Å². The Labute approximate surface area is 142 Å². The van der Waals surface area contributed by atoms with Gasteiger partial charge in [-0.05, 0) is 25.0 Å². The van der Waals surface area contributed by atoms with Crippen LogP contribution in [0.3, 0.4) is 0 Å². The third kappa shape index (κ3) is 5.60. The number of piperidine rings is 1. The lowest BCUT2D eigenvalue weighted by atomic mass is 9.97. The van der Waals surface area contributed by atoms with E-state index in [0.717, 1.165) is 25.9 Å². The summed E-state index contributed by atoms with van der Waals surface area (Å²) >= 11 is 0. The van der Waals surface area contributed by atoms with Crippen LogP contribution in [0.15, 0.2) is 24.3 Å². The molecule has 0 saturated carbocycles. The second-order valence-corrected chi connectivity index (χ2v) is 6.14. The number of rotatable bonds is 7. The van der Waals surface area contributed by atoms with E-state index in [-0.39, 0.29) is 23.6 Å². The van der Waals surface area contributed by atoms with Gasteiger partial charge in [-0.15, -0.1) is 0 Å². The third-order valence-electron chi connectivity index (χ3n) is 4.40. The Hall–Kier alpha value is -1.95. The Morgan fingerprint density at radius 1 is 1.29 bits per heavy atom. The summed E-state index contributed by atoms with van der Waals surface area (Å²) in [6.45, 7) is 4.64. The summed E-state index contributed by atoms with van der Waals surface area (Å²) in [5, 5.41) is 2.84. The number of hydrogen-bond donors (Lipinski definition) is 2. The predicted octanol–water partition coefficient (Wildman–Crippen LogP) is 0.342. The molecule has 2 rings (SSSR count). The largest absolute Gasteiger partial charge is 0.466 e. The summed E-state index contributed by atoms with van der Waals surface area (Å²) in [5.41, 5.74) is 0.611. The summed E-state index contributed by atoms with van der Waals surface area (Å²) in [5.74, 6) is -0.418. The molecule has 0 radical (unpaired) electrons. The van der Waals surface area contributed by atoms with Crippen molar-refractivity contribution in [3.63, 3.8) is 0 Å². The topological polar surface area (TPSA) is 59.8 Å². The van der Waals surface area contributed by atoms with Crippen molar-refractivity contribution in [3.8, 4) is 0 Å². The van der Waals surface area contributed by atoms with Crippen molar-refractivity contribution < 1.29 is 23.6 Å². The molecular formula is C18H26FN2O3+. The van der Waals surface area contributed by atoms with Gasteiger partial charge in [-0.1, -0.05) is 18.2 Å². The van der Waals surface area contributed by atoms with Gasteiger partial charge in [0.25, 0.3) is 5.91 Å². The van der Waals surface area contributed by atoms with E-state index in [9.17, 15) is 14.0 Å². The van der Waals surface area contributed by atoms with E-state index in [1.54, 1.807) is 18.2 Å².